The van der Waals surface area contributed by atoms with Gasteiger partial charge in [0.15, 0.2) is 0 Å². The molecule has 2 saturated carbocycles. The first-order chi connectivity index (χ1) is 15.7. The molecule has 2 unspecified atom stereocenters. The van der Waals surface area contributed by atoms with Gasteiger partial charge in [-0.1, -0.05) is 75.8 Å². The molecule has 2 aromatic carbocycles. The van der Waals surface area contributed by atoms with Crippen LogP contribution in [0.4, 0.5) is 4.39 Å². The number of hydrogen-bond acceptors (Lipinski definition) is 0. The second-order valence-electron chi connectivity index (χ2n) is 10.7. The summed E-state index contributed by atoms with van der Waals surface area (Å²) < 4.78 is 15.1. The fourth-order valence-corrected chi connectivity index (χ4v) is 6.60. The highest BCUT2D eigenvalue weighted by Gasteiger charge is 2.36. The molecule has 0 aromatic heterocycles. The van der Waals surface area contributed by atoms with E-state index in [2.05, 4.69) is 50.3 Å². The summed E-state index contributed by atoms with van der Waals surface area (Å²) in [4.78, 5) is 0. The zero-order chi connectivity index (χ0) is 22.3. The number of benzene rings is 2. The van der Waals surface area contributed by atoms with Crippen molar-refractivity contribution >= 4 is 10.8 Å². The standard InChI is InChI=1S/C31H43F/c1-3-5-7-9-11-23-12-14-26-20-27(17-16-25(26)18-23)29-21-28-15-13-24(10-8-6-4-2)19-30(28)31(32)22-29/h4,6,13,15,19,21-23,25-27H,3,5,7-12,14,16-18,20H2,1-2H3/b6-4+/t23?,25-,26?,27-/m1/s1. The van der Waals surface area contributed by atoms with E-state index >= 15 is 4.39 Å². The molecule has 2 aliphatic carbocycles. The van der Waals surface area contributed by atoms with Gasteiger partial charge in [0, 0.05) is 5.39 Å². The lowest BCUT2D eigenvalue weighted by Gasteiger charge is -2.42. The molecule has 0 saturated heterocycles. The molecule has 32 heavy (non-hydrogen) atoms. The van der Waals surface area contributed by atoms with Crippen LogP contribution in [0.2, 0.25) is 0 Å². The van der Waals surface area contributed by atoms with Crippen molar-refractivity contribution < 1.29 is 4.39 Å². The second-order valence-corrected chi connectivity index (χ2v) is 10.7. The molecular formula is C31H43F. The molecule has 2 aromatic rings. The number of fused-ring (bicyclic) bond motifs is 2. The Kier molecular flexibility index (Phi) is 8.44. The van der Waals surface area contributed by atoms with Gasteiger partial charge in [0.2, 0.25) is 0 Å². The lowest BCUT2D eigenvalue weighted by molar-refractivity contribution is 0.113. The van der Waals surface area contributed by atoms with Crippen LogP contribution in [0.5, 0.6) is 0 Å². The summed E-state index contributed by atoms with van der Waals surface area (Å²) in [5, 5.41) is 1.87. The van der Waals surface area contributed by atoms with Crippen LogP contribution in [0.15, 0.2) is 42.5 Å². The number of allylic oxidation sites excluding steroid dienone is 2. The Morgan fingerprint density at radius 1 is 0.938 bits per heavy atom. The predicted molar refractivity (Wildman–Crippen MR) is 137 cm³/mol. The minimum absolute atomic E-state index is 0.0247. The first-order valence-electron chi connectivity index (χ1n) is 13.5. The van der Waals surface area contributed by atoms with Crippen molar-refractivity contribution in [1.82, 2.24) is 0 Å². The molecule has 2 aliphatic rings. The summed E-state index contributed by atoms with van der Waals surface area (Å²) >= 11 is 0. The number of aryl methyl sites for hydroxylation is 1. The maximum absolute atomic E-state index is 15.1. The number of rotatable bonds is 9. The van der Waals surface area contributed by atoms with Crippen molar-refractivity contribution in [3.8, 4) is 0 Å². The predicted octanol–water partition coefficient (Wildman–Crippen LogP) is 9.76. The van der Waals surface area contributed by atoms with Crippen LogP contribution in [-0.4, -0.2) is 0 Å². The van der Waals surface area contributed by atoms with Crippen molar-refractivity contribution in [2.45, 2.75) is 103 Å². The summed E-state index contributed by atoms with van der Waals surface area (Å²) in [6, 6.07) is 10.5. The van der Waals surface area contributed by atoms with Crippen LogP contribution >= 0.6 is 0 Å². The van der Waals surface area contributed by atoms with Crippen LogP contribution in [0, 0.1) is 23.6 Å². The molecule has 0 amide bonds. The maximum Gasteiger partial charge on any atom is 0.131 e. The molecule has 0 bridgehead atoms. The monoisotopic (exact) mass is 434 g/mol. The lowest BCUT2D eigenvalue weighted by atomic mass is 9.63. The Morgan fingerprint density at radius 2 is 1.78 bits per heavy atom. The molecule has 0 N–H and O–H groups in total. The zero-order valence-electron chi connectivity index (χ0n) is 20.4. The maximum atomic E-state index is 15.1. The Bertz CT molecular complexity index is 895. The third kappa shape index (κ3) is 5.83. The normalized spacial score (nSPS) is 26.0. The van der Waals surface area contributed by atoms with Crippen molar-refractivity contribution in [3.05, 3.63) is 59.4 Å². The van der Waals surface area contributed by atoms with E-state index in [1.807, 2.05) is 6.07 Å². The van der Waals surface area contributed by atoms with Gasteiger partial charge in [0.05, 0.1) is 0 Å². The van der Waals surface area contributed by atoms with Crippen molar-refractivity contribution in [3.63, 3.8) is 0 Å². The quantitative estimate of drug-likeness (QED) is 0.272. The summed E-state index contributed by atoms with van der Waals surface area (Å²) in [5.74, 6) is 3.30. The van der Waals surface area contributed by atoms with Gasteiger partial charge in [0.25, 0.3) is 0 Å². The topological polar surface area (TPSA) is 0 Å². The van der Waals surface area contributed by atoms with E-state index in [1.54, 1.807) is 0 Å². The molecule has 174 valence electrons. The molecule has 4 rings (SSSR count). The number of unbranched alkanes of at least 4 members (excludes halogenated alkanes) is 3. The lowest BCUT2D eigenvalue weighted by Crippen LogP contribution is -2.30. The molecule has 0 heterocycles. The van der Waals surface area contributed by atoms with Crippen molar-refractivity contribution in [2.75, 3.05) is 0 Å². The minimum Gasteiger partial charge on any atom is -0.206 e. The van der Waals surface area contributed by atoms with E-state index in [-0.39, 0.29) is 5.82 Å². The summed E-state index contributed by atoms with van der Waals surface area (Å²) in [7, 11) is 0. The molecule has 0 nitrogen and oxygen atoms in total. The van der Waals surface area contributed by atoms with Gasteiger partial charge in [-0.15, -0.1) is 0 Å². The minimum atomic E-state index is -0.0247. The SMILES string of the molecule is C/C=C/CCc1ccc2cc([C@@H]3CC[C@@H]4CC(CCCCCC)CCC4C3)cc(F)c2c1. The van der Waals surface area contributed by atoms with E-state index in [0.29, 0.717) is 5.92 Å². The number of hydrogen-bond donors (Lipinski definition) is 0. The van der Waals surface area contributed by atoms with Crippen molar-refractivity contribution in [1.29, 1.82) is 0 Å². The average Bonchev–Trinajstić information content (AvgIpc) is 2.82. The molecule has 2 fully saturated rings. The second kappa shape index (κ2) is 11.5. The van der Waals surface area contributed by atoms with E-state index < -0.39 is 0 Å². The van der Waals surface area contributed by atoms with Crippen LogP contribution < -0.4 is 0 Å². The Morgan fingerprint density at radius 3 is 2.62 bits per heavy atom. The zero-order valence-corrected chi connectivity index (χ0v) is 20.4. The average molecular weight is 435 g/mol. The van der Waals surface area contributed by atoms with E-state index in [1.165, 1.54) is 81.8 Å². The van der Waals surface area contributed by atoms with E-state index in [4.69, 9.17) is 0 Å². The third-order valence-corrected chi connectivity index (χ3v) is 8.48. The first-order valence-corrected chi connectivity index (χ1v) is 13.5. The van der Waals surface area contributed by atoms with Gasteiger partial charge in [-0.3, -0.25) is 0 Å². The number of halogens is 1. The highest BCUT2D eigenvalue weighted by molar-refractivity contribution is 5.84. The smallest absolute Gasteiger partial charge is 0.131 e. The summed E-state index contributed by atoms with van der Waals surface area (Å²) in [5.41, 5.74) is 2.48. The van der Waals surface area contributed by atoms with E-state index in [0.717, 1.165) is 41.4 Å². The van der Waals surface area contributed by atoms with Crippen molar-refractivity contribution in [2.24, 2.45) is 17.8 Å². The van der Waals surface area contributed by atoms with Gasteiger partial charge in [-0.05, 0) is 104 Å². The van der Waals surface area contributed by atoms with Crippen LogP contribution in [0.1, 0.15) is 108 Å². The fourth-order valence-electron chi connectivity index (χ4n) is 6.60. The first kappa shape index (κ1) is 23.5. The van der Waals surface area contributed by atoms with Crippen LogP contribution in [0.25, 0.3) is 10.8 Å². The molecule has 0 radical (unpaired) electrons. The third-order valence-electron chi connectivity index (χ3n) is 8.48. The Labute approximate surface area is 195 Å². The van der Waals surface area contributed by atoms with Gasteiger partial charge in [-0.2, -0.15) is 0 Å². The van der Waals surface area contributed by atoms with E-state index in [9.17, 15) is 0 Å². The molecular weight excluding hydrogens is 391 g/mol. The highest BCUT2D eigenvalue weighted by atomic mass is 19.1. The highest BCUT2D eigenvalue weighted by Crippen LogP contribution is 2.48. The van der Waals surface area contributed by atoms with Crippen LogP contribution in [0.3, 0.4) is 0 Å². The van der Waals surface area contributed by atoms with Crippen LogP contribution in [-0.2, 0) is 6.42 Å². The van der Waals surface area contributed by atoms with Gasteiger partial charge in [-0.25, -0.2) is 4.39 Å². The Hall–Kier alpha value is -1.63. The molecule has 0 spiro atoms. The van der Waals surface area contributed by atoms with Gasteiger partial charge >= 0.3 is 0 Å². The summed E-state index contributed by atoms with van der Waals surface area (Å²) in [6.07, 6.45) is 21.5. The Balaban J connectivity index is 1.38. The van der Waals surface area contributed by atoms with Gasteiger partial charge in [0.1, 0.15) is 5.82 Å². The molecule has 4 atom stereocenters. The fraction of sp³-hybridized carbons (Fsp3) is 0.613. The van der Waals surface area contributed by atoms with Gasteiger partial charge < -0.3 is 0 Å². The molecule has 0 aliphatic heterocycles. The summed E-state index contributed by atoms with van der Waals surface area (Å²) in [6.45, 7) is 4.35. The molecule has 1 heteroatoms. The largest absolute Gasteiger partial charge is 0.206 e.